The summed E-state index contributed by atoms with van der Waals surface area (Å²) in [5.74, 6) is 1.04. The summed E-state index contributed by atoms with van der Waals surface area (Å²) >= 11 is 0. The molecule has 1 heterocycles. The predicted molar refractivity (Wildman–Crippen MR) is 70.3 cm³/mol. The van der Waals surface area contributed by atoms with Gasteiger partial charge in [0, 0.05) is 26.1 Å². The predicted octanol–water partition coefficient (Wildman–Crippen LogP) is 1.11. The number of benzene rings is 1. The zero-order valence-corrected chi connectivity index (χ0v) is 10.6. The summed E-state index contributed by atoms with van der Waals surface area (Å²) in [5, 5.41) is 11.6. The molecule has 0 amide bonds. The van der Waals surface area contributed by atoms with Gasteiger partial charge in [0.25, 0.3) is 0 Å². The van der Waals surface area contributed by atoms with Gasteiger partial charge in [-0.25, -0.2) is 0 Å². The minimum absolute atomic E-state index is 0.579. The van der Waals surface area contributed by atoms with Crippen LogP contribution < -0.4 is 5.32 Å². The van der Waals surface area contributed by atoms with Crippen LogP contribution in [0.5, 0.6) is 0 Å². The Morgan fingerprint density at radius 2 is 2.00 bits per heavy atom. The average Bonchev–Trinajstić information content (AvgIpc) is 2.96. The van der Waals surface area contributed by atoms with Crippen LogP contribution in [0.1, 0.15) is 17.0 Å². The second-order valence-electron chi connectivity index (χ2n) is 4.94. The van der Waals surface area contributed by atoms with Gasteiger partial charge in [0.2, 0.25) is 0 Å². The van der Waals surface area contributed by atoms with Crippen LogP contribution in [0.25, 0.3) is 0 Å². The van der Waals surface area contributed by atoms with Crippen molar-refractivity contribution in [1.82, 2.24) is 20.1 Å². The normalized spacial score (nSPS) is 14.9. The Balaban J connectivity index is 1.50. The molecule has 4 heteroatoms. The van der Waals surface area contributed by atoms with Crippen molar-refractivity contribution in [2.45, 2.75) is 25.3 Å². The maximum atomic E-state index is 4.09. The number of fused-ring (bicyclic) bond motifs is 1. The molecule has 0 spiro atoms. The zero-order chi connectivity index (χ0) is 12.4. The van der Waals surface area contributed by atoms with E-state index in [4.69, 9.17) is 0 Å². The molecule has 94 valence electrons. The first-order chi connectivity index (χ1) is 8.83. The van der Waals surface area contributed by atoms with Gasteiger partial charge >= 0.3 is 0 Å². The summed E-state index contributed by atoms with van der Waals surface area (Å²) in [6, 6.07) is 9.30. The van der Waals surface area contributed by atoms with Crippen molar-refractivity contribution in [2.75, 3.05) is 6.54 Å². The van der Waals surface area contributed by atoms with Gasteiger partial charge in [-0.05, 0) is 24.0 Å². The largest absolute Gasteiger partial charge is 0.321 e. The van der Waals surface area contributed by atoms with Crippen molar-refractivity contribution >= 4 is 0 Å². The molecule has 4 nitrogen and oxygen atoms in total. The number of hydrogen-bond acceptors (Lipinski definition) is 3. The lowest BCUT2D eigenvalue weighted by atomic mass is 10.1. The van der Waals surface area contributed by atoms with E-state index in [9.17, 15) is 0 Å². The lowest BCUT2D eigenvalue weighted by molar-refractivity contribution is 0.528. The van der Waals surface area contributed by atoms with E-state index < -0.39 is 0 Å². The van der Waals surface area contributed by atoms with E-state index in [1.807, 2.05) is 11.6 Å². The van der Waals surface area contributed by atoms with Crippen molar-refractivity contribution in [2.24, 2.45) is 7.05 Å². The Bertz CT molecular complexity index is 507. The second-order valence-corrected chi connectivity index (χ2v) is 4.94. The lowest BCUT2D eigenvalue weighted by Crippen LogP contribution is -2.31. The SMILES string of the molecule is Cn1cnnc1CCNC1Cc2ccccc2C1. The molecule has 1 N–H and O–H groups in total. The molecule has 1 aliphatic carbocycles. The number of aryl methyl sites for hydroxylation is 1. The van der Waals surface area contributed by atoms with E-state index in [1.165, 1.54) is 11.1 Å². The summed E-state index contributed by atoms with van der Waals surface area (Å²) in [6.45, 7) is 0.963. The number of hydrogen-bond donors (Lipinski definition) is 1. The minimum Gasteiger partial charge on any atom is -0.321 e. The van der Waals surface area contributed by atoms with Crippen molar-refractivity contribution in [1.29, 1.82) is 0 Å². The summed E-state index contributed by atoms with van der Waals surface area (Å²) in [7, 11) is 1.99. The van der Waals surface area contributed by atoms with Gasteiger partial charge < -0.3 is 9.88 Å². The lowest BCUT2D eigenvalue weighted by Gasteiger charge is -2.11. The Morgan fingerprint density at radius 3 is 2.61 bits per heavy atom. The maximum absolute atomic E-state index is 4.09. The first-order valence-electron chi connectivity index (χ1n) is 6.46. The molecule has 0 atom stereocenters. The summed E-state index contributed by atoms with van der Waals surface area (Å²) in [5.41, 5.74) is 2.99. The van der Waals surface area contributed by atoms with Gasteiger partial charge in [-0.1, -0.05) is 24.3 Å². The van der Waals surface area contributed by atoms with Crippen molar-refractivity contribution in [3.63, 3.8) is 0 Å². The highest BCUT2D eigenvalue weighted by Gasteiger charge is 2.19. The fourth-order valence-corrected chi connectivity index (χ4v) is 2.62. The van der Waals surface area contributed by atoms with Gasteiger partial charge in [-0.2, -0.15) is 0 Å². The van der Waals surface area contributed by atoms with Gasteiger partial charge in [0.1, 0.15) is 12.2 Å². The van der Waals surface area contributed by atoms with Crippen LogP contribution >= 0.6 is 0 Å². The van der Waals surface area contributed by atoms with Crippen LogP contribution in [-0.4, -0.2) is 27.4 Å². The topological polar surface area (TPSA) is 42.7 Å². The molecule has 0 unspecified atom stereocenters. The molecule has 18 heavy (non-hydrogen) atoms. The quantitative estimate of drug-likeness (QED) is 0.873. The summed E-state index contributed by atoms with van der Waals surface area (Å²) in [4.78, 5) is 0. The minimum atomic E-state index is 0.579. The van der Waals surface area contributed by atoms with Crippen LogP contribution in [-0.2, 0) is 26.3 Å². The Kier molecular flexibility index (Phi) is 3.11. The molecule has 0 radical (unpaired) electrons. The maximum Gasteiger partial charge on any atom is 0.133 e. The van der Waals surface area contributed by atoms with E-state index in [0.29, 0.717) is 6.04 Å². The standard InChI is InChI=1S/C14H18N4/c1-18-10-16-17-14(18)6-7-15-13-8-11-4-2-3-5-12(11)9-13/h2-5,10,13,15H,6-9H2,1H3. The molecular weight excluding hydrogens is 224 g/mol. The van der Waals surface area contributed by atoms with E-state index in [-0.39, 0.29) is 0 Å². The molecule has 1 aromatic carbocycles. The monoisotopic (exact) mass is 242 g/mol. The third kappa shape index (κ3) is 2.29. The molecule has 0 bridgehead atoms. The van der Waals surface area contributed by atoms with Crippen molar-refractivity contribution in [3.05, 3.63) is 47.5 Å². The molecule has 3 rings (SSSR count). The van der Waals surface area contributed by atoms with E-state index in [0.717, 1.165) is 31.6 Å². The van der Waals surface area contributed by atoms with Crippen LogP contribution in [0.4, 0.5) is 0 Å². The van der Waals surface area contributed by atoms with Crippen molar-refractivity contribution in [3.8, 4) is 0 Å². The van der Waals surface area contributed by atoms with Crippen molar-refractivity contribution < 1.29 is 0 Å². The molecule has 1 aromatic heterocycles. The summed E-state index contributed by atoms with van der Waals surface area (Å²) in [6.07, 6.45) is 4.98. The molecular formula is C14H18N4. The van der Waals surface area contributed by atoms with E-state index >= 15 is 0 Å². The fourth-order valence-electron chi connectivity index (χ4n) is 2.62. The zero-order valence-electron chi connectivity index (χ0n) is 10.6. The molecule has 2 aromatic rings. The van der Waals surface area contributed by atoms with Gasteiger partial charge in [0.15, 0.2) is 0 Å². The molecule has 0 fully saturated rings. The van der Waals surface area contributed by atoms with Gasteiger partial charge in [-0.3, -0.25) is 0 Å². The van der Waals surface area contributed by atoms with Gasteiger partial charge in [-0.15, -0.1) is 10.2 Å². The Labute approximate surface area is 107 Å². The van der Waals surface area contributed by atoms with Crippen LogP contribution in [0.3, 0.4) is 0 Å². The van der Waals surface area contributed by atoms with Gasteiger partial charge in [0.05, 0.1) is 0 Å². The highest BCUT2D eigenvalue weighted by molar-refractivity contribution is 5.33. The first-order valence-corrected chi connectivity index (χ1v) is 6.46. The number of rotatable bonds is 4. The molecule has 0 saturated carbocycles. The Hall–Kier alpha value is -1.68. The highest BCUT2D eigenvalue weighted by atomic mass is 15.2. The number of nitrogens with one attached hydrogen (secondary N) is 1. The highest BCUT2D eigenvalue weighted by Crippen LogP contribution is 2.21. The molecule has 0 aliphatic heterocycles. The average molecular weight is 242 g/mol. The second kappa shape index (κ2) is 4.90. The molecule has 1 aliphatic rings. The van der Waals surface area contributed by atoms with Crippen LogP contribution in [0.2, 0.25) is 0 Å². The summed E-state index contributed by atoms with van der Waals surface area (Å²) < 4.78 is 1.98. The fraction of sp³-hybridized carbons (Fsp3) is 0.429. The smallest absolute Gasteiger partial charge is 0.133 e. The third-order valence-corrected chi connectivity index (χ3v) is 3.64. The first kappa shape index (κ1) is 11.4. The van der Waals surface area contributed by atoms with E-state index in [2.05, 4.69) is 39.8 Å². The van der Waals surface area contributed by atoms with Crippen LogP contribution in [0, 0.1) is 0 Å². The number of nitrogens with zero attached hydrogens (tertiary/aromatic N) is 3. The van der Waals surface area contributed by atoms with Crippen LogP contribution in [0.15, 0.2) is 30.6 Å². The Morgan fingerprint density at radius 1 is 1.28 bits per heavy atom. The number of aromatic nitrogens is 3. The van der Waals surface area contributed by atoms with E-state index in [1.54, 1.807) is 6.33 Å². The third-order valence-electron chi connectivity index (χ3n) is 3.64. The molecule has 0 saturated heterocycles.